The minimum absolute atomic E-state index is 0.151. The molecular formula is C7H4BrClF2. The van der Waals surface area contributed by atoms with Crippen molar-refractivity contribution in [1.29, 1.82) is 0 Å². The second-order valence-electron chi connectivity index (χ2n) is 1.97. The number of rotatable bonds is 1. The maximum atomic E-state index is 12.7. The van der Waals surface area contributed by atoms with Gasteiger partial charge in [0, 0.05) is 5.33 Å². The van der Waals surface area contributed by atoms with Crippen LogP contribution in [0.4, 0.5) is 8.78 Å². The second-order valence-corrected chi connectivity index (χ2v) is 2.91. The van der Waals surface area contributed by atoms with Gasteiger partial charge < -0.3 is 0 Å². The van der Waals surface area contributed by atoms with Gasteiger partial charge in [0.25, 0.3) is 0 Å². The van der Waals surface area contributed by atoms with Crippen LogP contribution in [0.2, 0.25) is 5.02 Å². The normalized spacial score (nSPS) is 10.2. The third-order valence-corrected chi connectivity index (χ3v) is 2.27. The molecule has 0 aromatic heterocycles. The Morgan fingerprint density at radius 2 is 2.00 bits per heavy atom. The Kier molecular flexibility index (Phi) is 2.84. The molecule has 0 spiro atoms. The quantitative estimate of drug-likeness (QED) is 0.521. The molecule has 4 heteroatoms. The van der Waals surface area contributed by atoms with E-state index >= 15 is 0 Å². The highest BCUT2D eigenvalue weighted by Crippen LogP contribution is 2.23. The maximum Gasteiger partial charge on any atom is 0.177 e. The standard InChI is InChI=1S/C7H4BrClF2/c8-3-4-1-2-5(10)7(11)6(4)9/h1-2H,3H2. The third kappa shape index (κ3) is 1.71. The molecule has 0 heterocycles. The maximum absolute atomic E-state index is 12.7. The zero-order valence-electron chi connectivity index (χ0n) is 5.37. The van der Waals surface area contributed by atoms with Crippen LogP contribution in [-0.4, -0.2) is 0 Å². The van der Waals surface area contributed by atoms with E-state index in [0.29, 0.717) is 10.9 Å². The Morgan fingerprint density at radius 1 is 1.36 bits per heavy atom. The molecule has 0 saturated carbocycles. The van der Waals surface area contributed by atoms with Gasteiger partial charge in [0.05, 0.1) is 5.02 Å². The first-order valence-electron chi connectivity index (χ1n) is 2.85. The van der Waals surface area contributed by atoms with E-state index in [1.807, 2.05) is 0 Å². The van der Waals surface area contributed by atoms with Gasteiger partial charge in [-0.15, -0.1) is 0 Å². The third-order valence-electron chi connectivity index (χ3n) is 1.26. The number of alkyl halides is 1. The lowest BCUT2D eigenvalue weighted by molar-refractivity contribution is 0.508. The number of hydrogen-bond donors (Lipinski definition) is 0. The van der Waals surface area contributed by atoms with Crippen LogP contribution in [0, 0.1) is 11.6 Å². The monoisotopic (exact) mass is 240 g/mol. The van der Waals surface area contributed by atoms with Gasteiger partial charge in [-0.1, -0.05) is 33.6 Å². The van der Waals surface area contributed by atoms with Gasteiger partial charge in [-0.3, -0.25) is 0 Å². The lowest BCUT2D eigenvalue weighted by Gasteiger charge is -2.00. The van der Waals surface area contributed by atoms with Crippen molar-refractivity contribution < 1.29 is 8.78 Å². The Balaban J connectivity index is 3.25. The summed E-state index contributed by atoms with van der Waals surface area (Å²) in [5.74, 6) is -1.90. The van der Waals surface area contributed by atoms with E-state index in [1.54, 1.807) is 0 Å². The van der Waals surface area contributed by atoms with Crippen LogP contribution in [0.25, 0.3) is 0 Å². The fourth-order valence-corrected chi connectivity index (χ4v) is 1.52. The van der Waals surface area contributed by atoms with Crippen LogP contribution < -0.4 is 0 Å². The summed E-state index contributed by atoms with van der Waals surface area (Å²) in [6, 6.07) is 2.49. The molecule has 0 amide bonds. The molecule has 0 radical (unpaired) electrons. The topological polar surface area (TPSA) is 0 Å². The van der Waals surface area contributed by atoms with Crippen molar-refractivity contribution in [3.63, 3.8) is 0 Å². The zero-order valence-corrected chi connectivity index (χ0v) is 7.72. The van der Waals surface area contributed by atoms with E-state index in [-0.39, 0.29) is 5.02 Å². The summed E-state index contributed by atoms with van der Waals surface area (Å²) in [4.78, 5) is 0. The minimum Gasteiger partial charge on any atom is -0.204 e. The van der Waals surface area contributed by atoms with Crippen molar-refractivity contribution >= 4 is 27.5 Å². The van der Waals surface area contributed by atoms with Crippen molar-refractivity contribution in [2.45, 2.75) is 5.33 Å². The molecule has 1 aromatic rings. The second kappa shape index (κ2) is 3.50. The number of hydrogen-bond acceptors (Lipinski definition) is 0. The molecule has 0 aliphatic heterocycles. The van der Waals surface area contributed by atoms with Crippen LogP contribution in [0.5, 0.6) is 0 Å². The molecule has 0 bridgehead atoms. The van der Waals surface area contributed by atoms with E-state index in [0.717, 1.165) is 6.07 Å². The van der Waals surface area contributed by atoms with Crippen LogP contribution in [0.15, 0.2) is 12.1 Å². The Hall–Kier alpha value is -0.150. The van der Waals surface area contributed by atoms with E-state index in [4.69, 9.17) is 11.6 Å². The summed E-state index contributed by atoms with van der Waals surface area (Å²) in [6.07, 6.45) is 0. The lowest BCUT2D eigenvalue weighted by atomic mass is 10.2. The first kappa shape index (κ1) is 8.94. The number of halogens is 4. The summed E-state index contributed by atoms with van der Waals surface area (Å²) in [7, 11) is 0. The van der Waals surface area contributed by atoms with Crippen molar-refractivity contribution in [2.24, 2.45) is 0 Å². The first-order chi connectivity index (χ1) is 5.16. The average molecular weight is 241 g/mol. The molecule has 0 aliphatic carbocycles. The highest BCUT2D eigenvalue weighted by Gasteiger charge is 2.09. The van der Waals surface area contributed by atoms with Gasteiger partial charge in [-0.2, -0.15) is 0 Å². The van der Waals surface area contributed by atoms with Gasteiger partial charge in [-0.05, 0) is 11.6 Å². The molecule has 0 N–H and O–H groups in total. The predicted octanol–water partition coefficient (Wildman–Crippen LogP) is 3.51. The Labute approximate surface area is 76.3 Å². The Bertz CT molecular complexity index is 275. The van der Waals surface area contributed by atoms with Crippen molar-refractivity contribution in [1.82, 2.24) is 0 Å². The summed E-state index contributed by atoms with van der Waals surface area (Å²) >= 11 is 8.55. The highest BCUT2D eigenvalue weighted by molar-refractivity contribution is 9.08. The van der Waals surface area contributed by atoms with Crippen LogP contribution in [0.3, 0.4) is 0 Å². The smallest absolute Gasteiger partial charge is 0.177 e. The molecule has 11 heavy (non-hydrogen) atoms. The largest absolute Gasteiger partial charge is 0.204 e. The molecule has 60 valence electrons. The lowest BCUT2D eigenvalue weighted by Crippen LogP contribution is -1.89. The van der Waals surface area contributed by atoms with Crippen molar-refractivity contribution in [3.05, 3.63) is 34.4 Å². The first-order valence-corrected chi connectivity index (χ1v) is 4.35. The number of benzene rings is 1. The highest BCUT2D eigenvalue weighted by atomic mass is 79.9. The van der Waals surface area contributed by atoms with Crippen LogP contribution in [0.1, 0.15) is 5.56 Å². The average Bonchev–Trinajstić information content (AvgIpc) is 2.01. The fraction of sp³-hybridized carbons (Fsp3) is 0.143. The van der Waals surface area contributed by atoms with Crippen molar-refractivity contribution in [3.8, 4) is 0 Å². The fourth-order valence-electron chi connectivity index (χ4n) is 0.669. The van der Waals surface area contributed by atoms with E-state index in [2.05, 4.69) is 15.9 Å². The minimum atomic E-state index is -0.983. The molecule has 1 rings (SSSR count). The van der Waals surface area contributed by atoms with Crippen LogP contribution >= 0.6 is 27.5 Å². The molecule has 0 fully saturated rings. The predicted molar refractivity (Wildman–Crippen MR) is 44.0 cm³/mol. The summed E-state index contributed by atoms with van der Waals surface area (Å²) in [5, 5.41) is 0.269. The molecule has 0 atom stereocenters. The summed E-state index contributed by atoms with van der Waals surface area (Å²) in [5.41, 5.74) is 0.547. The van der Waals surface area contributed by atoms with E-state index in [1.165, 1.54) is 6.07 Å². The van der Waals surface area contributed by atoms with Gasteiger partial charge in [0.1, 0.15) is 0 Å². The SMILES string of the molecule is Fc1ccc(CBr)c(Cl)c1F. The van der Waals surface area contributed by atoms with E-state index in [9.17, 15) is 8.78 Å². The zero-order chi connectivity index (χ0) is 8.43. The van der Waals surface area contributed by atoms with Gasteiger partial charge >= 0.3 is 0 Å². The molecule has 0 unspecified atom stereocenters. The molecular weight excluding hydrogens is 237 g/mol. The Morgan fingerprint density at radius 3 is 2.55 bits per heavy atom. The molecule has 0 aliphatic rings. The van der Waals surface area contributed by atoms with Gasteiger partial charge in [0.2, 0.25) is 0 Å². The van der Waals surface area contributed by atoms with Gasteiger partial charge in [-0.25, -0.2) is 8.78 Å². The molecule has 1 aromatic carbocycles. The molecule has 0 saturated heterocycles. The van der Waals surface area contributed by atoms with Crippen LogP contribution in [-0.2, 0) is 5.33 Å². The van der Waals surface area contributed by atoms with Gasteiger partial charge in [0.15, 0.2) is 11.6 Å². The van der Waals surface area contributed by atoms with Crippen molar-refractivity contribution in [2.75, 3.05) is 0 Å². The van der Waals surface area contributed by atoms with E-state index < -0.39 is 11.6 Å². The summed E-state index contributed by atoms with van der Waals surface area (Å²) < 4.78 is 25.1. The summed E-state index contributed by atoms with van der Waals surface area (Å²) in [6.45, 7) is 0. The molecule has 0 nitrogen and oxygen atoms in total.